The van der Waals surface area contributed by atoms with E-state index in [1.54, 1.807) is 11.1 Å². The van der Waals surface area contributed by atoms with Gasteiger partial charge in [-0.1, -0.05) is 50.1 Å². The van der Waals surface area contributed by atoms with E-state index in [-0.39, 0.29) is 0 Å². The predicted molar refractivity (Wildman–Crippen MR) is 95.8 cm³/mol. The molecular formula is C18H24ClI. The van der Waals surface area contributed by atoms with Gasteiger partial charge in [-0.25, -0.2) is 0 Å². The average Bonchev–Trinajstić information content (AvgIpc) is 2.51. The molecule has 0 radical (unpaired) electrons. The lowest BCUT2D eigenvalue weighted by Crippen LogP contribution is -2.11. The molecule has 2 aliphatic carbocycles. The molecule has 0 spiro atoms. The smallest absolute Gasteiger partial charge is 0.0412 e. The maximum absolute atomic E-state index is 6.46. The molecule has 0 unspecified atom stereocenters. The van der Waals surface area contributed by atoms with Gasteiger partial charge in [-0.3, -0.25) is 0 Å². The highest BCUT2D eigenvalue weighted by atomic mass is 127. The second-order valence-electron chi connectivity index (χ2n) is 6.57. The summed E-state index contributed by atoms with van der Waals surface area (Å²) in [6, 6.07) is 4.51. The van der Waals surface area contributed by atoms with Crippen LogP contribution < -0.4 is 0 Å². The zero-order chi connectivity index (χ0) is 13.9. The highest BCUT2D eigenvalue weighted by Gasteiger charge is 2.24. The van der Waals surface area contributed by atoms with E-state index >= 15 is 0 Å². The third-order valence-corrected chi connectivity index (χ3v) is 6.65. The van der Waals surface area contributed by atoms with Crippen LogP contribution in [-0.4, -0.2) is 0 Å². The Hall–Kier alpha value is 0.240. The van der Waals surface area contributed by atoms with Gasteiger partial charge in [0.05, 0.1) is 0 Å². The minimum Gasteiger partial charge on any atom is -0.0843 e. The summed E-state index contributed by atoms with van der Waals surface area (Å²) in [6.07, 6.45) is 13.9. The van der Waals surface area contributed by atoms with Crippen LogP contribution in [0.1, 0.15) is 87.2 Å². The Balaban J connectivity index is 1.91. The highest BCUT2D eigenvalue weighted by Crippen LogP contribution is 2.42. The Kier molecular flexibility index (Phi) is 5.30. The third kappa shape index (κ3) is 3.35. The lowest BCUT2D eigenvalue weighted by Gasteiger charge is -2.28. The topological polar surface area (TPSA) is 0 Å². The van der Waals surface area contributed by atoms with Crippen molar-refractivity contribution in [2.24, 2.45) is 0 Å². The van der Waals surface area contributed by atoms with Gasteiger partial charge < -0.3 is 0 Å². The first-order chi connectivity index (χ1) is 9.75. The van der Waals surface area contributed by atoms with E-state index in [0.29, 0.717) is 0 Å². The van der Waals surface area contributed by atoms with Gasteiger partial charge >= 0.3 is 0 Å². The molecular weight excluding hydrogens is 379 g/mol. The van der Waals surface area contributed by atoms with Crippen LogP contribution in [0, 0.1) is 3.57 Å². The van der Waals surface area contributed by atoms with Crippen LogP contribution in [0.25, 0.3) is 0 Å². The fourth-order valence-electron chi connectivity index (χ4n) is 4.05. The van der Waals surface area contributed by atoms with Crippen LogP contribution in [0.2, 0.25) is 5.02 Å². The zero-order valence-electron chi connectivity index (χ0n) is 12.1. The Morgan fingerprint density at radius 2 is 1.15 bits per heavy atom. The van der Waals surface area contributed by atoms with Crippen molar-refractivity contribution < 1.29 is 0 Å². The molecule has 0 nitrogen and oxygen atoms in total. The Morgan fingerprint density at radius 3 is 1.55 bits per heavy atom. The molecule has 0 atom stereocenters. The first kappa shape index (κ1) is 15.1. The maximum atomic E-state index is 6.46. The third-order valence-electron chi connectivity index (χ3n) is 5.18. The van der Waals surface area contributed by atoms with E-state index in [4.69, 9.17) is 11.6 Å². The van der Waals surface area contributed by atoms with E-state index in [0.717, 1.165) is 16.9 Å². The average molecular weight is 403 g/mol. The number of rotatable bonds is 2. The second-order valence-corrected chi connectivity index (χ2v) is 8.08. The largest absolute Gasteiger partial charge is 0.0843 e. The van der Waals surface area contributed by atoms with Gasteiger partial charge in [0, 0.05) is 8.59 Å². The molecule has 1 aromatic carbocycles. The van der Waals surface area contributed by atoms with E-state index in [2.05, 4.69) is 34.7 Å². The molecule has 1 aromatic rings. The molecule has 0 bridgehead atoms. The van der Waals surface area contributed by atoms with Gasteiger partial charge in [-0.05, 0) is 83.4 Å². The predicted octanol–water partition coefficient (Wildman–Crippen LogP) is 7.04. The molecule has 20 heavy (non-hydrogen) atoms. The molecule has 0 heterocycles. The monoisotopic (exact) mass is 402 g/mol. The summed E-state index contributed by atoms with van der Waals surface area (Å²) in [6.45, 7) is 0. The van der Waals surface area contributed by atoms with Gasteiger partial charge in [-0.15, -0.1) is 0 Å². The summed E-state index contributed by atoms with van der Waals surface area (Å²) in [7, 11) is 0. The van der Waals surface area contributed by atoms with Crippen LogP contribution in [-0.2, 0) is 0 Å². The number of hydrogen-bond donors (Lipinski definition) is 0. The maximum Gasteiger partial charge on any atom is 0.0412 e. The van der Waals surface area contributed by atoms with E-state index in [1.165, 1.54) is 67.8 Å². The molecule has 3 rings (SSSR count). The summed E-state index contributed by atoms with van der Waals surface area (Å²) in [5.41, 5.74) is 3.11. The van der Waals surface area contributed by atoms with Crippen LogP contribution >= 0.6 is 34.2 Å². The molecule has 2 heteroatoms. The van der Waals surface area contributed by atoms with Crippen molar-refractivity contribution in [1.82, 2.24) is 0 Å². The first-order valence-corrected chi connectivity index (χ1v) is 9.70. The van der Waals surface area contributed by atoms with Gasteiger partial charge in [0.2, 0.25) is 0 Å². The van der Waals surface area contributed by atoms with Crippen LogP contribution in [0.3, 0.4) is 0 Å². The molecule has 0 aliphatic heterocycles. The second kappa shape index (κ2) is 7.00. The van der Waals surface area contributed by atoms with Crippen molar-refractivity contribution in [2.45, 2.75) is 76.0 Å². The number of halogens is 2. The summed E-state index contributed by atoms with van der Waals surface area (Å²) < 4.78 is 1.53. The normalized spacial score (nSPS) is 22.1. The molecule has 110 valence electrons. The molecule has 0 saturated heterocycles. The van der Waals surface area contributed by atoms with Crippen LogP contribution in [0.15, 0.2) is 12.1 Å². The number of benzene rings is 1. The van der Waals surface area contributed by atoms with Gasteiger partial charge in [0.1, 0.15) is 0 Å². The fraction of sp³-hybridized carbons (Fsp3) is 0.667. The van der Waals surface area contributed by atoms with Crippen molar-refractivity contribution >= 4 is 34.2 Å². The summed E-state index contributed by atoms with van der Waals surface area (Å²) in [4.78, 5) is 0. The van der Waals surface area contributed by atoms with Crippen molar-refractivity contribution in [2.75, 3.05) is 0 Å². The van der Waals surface area contributed by atoms with E-state index in [9.17, 15) is 0 Å². The van der Waals surface area contributed by atoms with Crippen molar-refractivity contribution in [3.63, 3.8) is 0 Å². The lowest BCUT2D eigenvalue weighted by atomic mass is 9.80. The van der Waals surface area contributed by atoms with Crippen molar-refractivity contribution in [3.8, 4) is 0 Å². The Morgan fingerprint density at radius 1 is 0.750 bits per heavy atom. The van der Waals surface area contributed by atoms with E-state index < -0.39 is 0 Å². The van der Waals surface area contributed by atoms with Gasteiger partial charge in [0.15, 0.2) is 0 Å². The van der Waals surface area contributed by atoms with Crippen molar-refractivity contribution in [3.05, 3.63) is 31.9 Å². The van der Waals surface area contributed by atoms with Crippen LogP contribution in [0.5, 0.6) is 0 Å². The molecule has 2 fully saturated rings. The minimum atomic E-state index is 0.761. The summed E-state index contributed by atoms with van der Waals surface area (Å²) >= 11 is 9.06. The zero-order valence-corrected chi connectivity index (χ0v) is 15.0. The summed E-state index contributed by atoms with van der Waals surface area (Å²) in [5, 5.41) is 0.964. The van der Waals surface area contributed by atoms with Gasteiger partial charge in [0.25, 0.3) is 0 Å². The Bertz CT molecular complexity index is 417. The first-order valence-electron chi connectivity index (χ1n) is 8.24. The number of hydrogen-bond acceptors (Lipinski definition) is 0. The molecule has 0 aromatic heterocycles. The fourth-order valence-corrected chi connectivity index (χ4v) is 5.48. The van der Waals surface area contributed by atoms with Gasteiger partial charge in [-0.2, -0.15) is 0 Å². The standard InChI is InChI=1S/C18H24ClI/c19-15-11-16(13-7-3-1-4-8-13)18(20)17(12-15)14-9-5-2-6-10-14/h11-14H,1-10H2. The Labute approximate surface area is 141 Å². The molecule has 0 N–H and O–H groups in total. The van der Waals surface area contributed by atoms with Crippen molar-refractivity contribution in [1.29, 1.82) is 0 Å². The lowest BCUT2D eigenvalue weighted by molar-refractivity contribution is 0.433. The SMILES string of the molecule is Clc1cc(C2CCCCC2)c(I)c(C2CCCCC2)c1. The van der Waals surface area contributed by atoms with Crippen LogP contribution in [0.4, 0.5) is 0 Å². The molecule has 2 aliphatic rings. The highest BCUT2D eigenvalue weighted by molar-refractivity contribution is 14.1. The summed E-state index contributed by atoms with van der Waals surface area (Å²) in [5.74, 6) is 1.52. The molecule has 2 saturated carbocycles. The van der Waals surface area contributed by atoms with E-state index in [1.807, 2.05) is 0 Å². The minimum absolute atomic E-state index is 0.761. The quantitative estimate of drug-likeness (QED) is 0.465. The molecule has 0 amide bonds.